The smallest absolute Gasteiger partial charge is 0.228 e. The Balaban J connectivity index is 1.41. The van der Waals surface area contributed by atoms with Crippen molar-refractivity contribution in [3.63, 3.8) is 0 Å². The predicted molar refractivity (Wildman–Crippen MR) is 96.8 cm³/mol. The predicted octanol–water partition coefficient (Wildman–Crippen LogP) is 2.92. The lowest BCUT2D eigenvalue weighted by Gasteiger charge is -2.15. The molecule has 4 aromatic rings. The Kier molecular flexibility index (Phi) is 4.26. The van der Waals surface area contributed by atoms with E-state index in [9.17, 15) is 9.18 Å². The van der Waals surface area contributed by atoms with E-state index in [-0.39, 0.29) is 18.1 Å². The normalized spacial score (nSPS) is 11.2. The lowest BCUT2D eigenvalue weighted by atomic mass is 10.2. The second-order valence-electron chi connectivity index (χ2n) is 6.02. The van der Waals surface area contributed by atoms with Crippen molar-refractivity contribution in [1.82, 2.24) is 24.1 Å². The Labute approximate surface area is 153 Å². The first-order valence-electron chi connectivity index (χ1n) is 8.03. The van der Waals surface area contributed by atoms with Crippen LogP contribution in [0.25, 0.3) is 10.6 Å². The quantitative estimate of drug-likeness (QED) is 0.544. The van der Waals surface area contributed by atoms with Crippen molar-refractivity contribution in [3.05, 3.63) is 71.5 Å². The van der Waals surface area contributed by atoms with E-state index in [4.69, 9.17) is 0 Å². The van der Waals surface area contributed by atoms with Crippen LogP contribution in [0.3, 0.4) is 0 Å². The minimum Gasteiger partial charge on any atom is -0.341 e. The van der Waals surface area contributed by atoms with Gasteiger partial charge in [-0.1, -0.05) is 0 Å². The molecule has 0 aliphatic carbocycles. The molecule has 0 spiro atoms. The van der Waals surface area contributed by atoms with Crippen molar-refractivity contribution in [3.8, 4) is 5.69 Å². The first-order valence-corrected chi connectivity index (χ1v) is 8.91. The minimum atomic E-state index is -0.286. The molecule has 8 heteroatoms. The number of hydrogen-bond donors (Lipinski definition) is 0. The van der Waals surface area contributed by atoms with Gasteiger partial charge in [0.15, 0.2) is 4.96 Å². The van der Waals surface area contributed by atoms with E-state index >= 15 is 0 Å². The third kappa shape index (κ3) is 3.36. The summed E-state index contributed by atoms with van der Waals surface area (Å²) in [6.45, 7) is 0.447. The molecule has 26 heavy (non-hydrogen) atoms. The molecule has 0 saturated heterocycles. The van der Waals surface area contributed by atoms with Gasteiger partial charge in [-0.05, 0) is 24.3 Å². The molecule has 3 aromatic heterocycles. The van der Waals surface area contributed by atoms with Crippen LogP contribution in [0.5, 0.6) is 0 Å². The molecular weight excluding hydrogens is 353 g/mol. The number of likely N-dealkylation sites (N-methyl/N-ethyl adjacent to an activating group) is 1. The molecule has 132 valence electrons. The highest BCUT2D eigenvalue weighted by atomic mass is 32.1. The Morgan fingerprint density at radius 2 is 2.08 bits per heavy atom. The maximum atomic E-state index is 13.0. The molecule has 0 saturated carbocycles. The van der Waals surface area contributed by atoms with Crippen LogP contribution in [-0.4, -0.2) is 37.0 Å². The number of benzene rings is 1. The number of aromatic nitrogens is 4. The largest absolute Gasteiger partial charge is 0.341 e. The maximum absolute atomic E-state index is 13.0. The van der Waals surface area contributed by atoms with Crippen molar-refractivity contribution >= 4 is 22.2 Å². The summed E-state index contributed by atoms with van der Waals surface area (Å²) in [5.74, 6) is -0.295. The number of fused-ring (bicyclic) bond motifs is 1. The van der Waals surface area contributed by atoms with E-state index < -0.39 is 0 Å². The molecule has 0 N–H and O–H groups in total. The highest BCUT2D eigenvalue weighted by Crippen LogP contribution is 2.14. The molecule has 3 heterocycles. The molecule has 0 aliphatic heterocycles. The van der Waals surface area contributed by atoms with E-state index in [0.717, 1.165) is 21.9 Å². The number of hydrogen-bond acceptors (Lipinski definition) is 4. The molecule has 0 fully saturated rings. The molecule has 1 aromatic carbocycles. The van der Waals surface area contributed by atoms with Crippen LogP contribution in [0.2, 0.25) is 0 Å². The fraction of sp³-hybridized carbons (Fsp3) is 0.167. The number of amides is 1. The number of halogens is 1. The molecule has 0 radical (unpaired) electrons. The summed E-state index contributed by atoms with van der Waals surface area (Å²) in [7, 11) is 1.76. The summed E-state index contributed by atoms with van der Waals surface area (Å²) in [6.07, 6.45) is 7.61. The lowest BCUT2D eigenvalue weighted by molar-refractivity contribution is -0.129. The number of imidazole rings is 1. The van der Waals surface area contributed by atoms with Crippen LogP contribution in [0.4, 0.5) is 4.39 Å². The van der Waals surface area contributed by atoms with Crippen LogP contribution >= 0.6 is 11.3 Å². The van der Waals surface area contributed by atoms with E-state index in [2.05, 4.69) is 10.1 Å². The van der Waals surface area contributed by atoms with Crippen LogP contribution in [0, 0.1) is 5.82 Å². The number of nitrogens with zero attached hydrogens (tertiary/aromatic N) is 5. The van der Waals surface area contributed by atoms with Gasteiger partial charge in [-0.25, -0.2) is 14.1 Å². The average molecular weight is 369 g/mol. The molecule has 4 rings (SSSR count). The fourth-order valence-corrected chi connectivity index (χ4v) is 3.41. The summed E-state index contributed by atoms with van der Waals surface area (Å²) in [6, 6.07) is 6.10. The van der Waals surface area contributed by atoms with Crippen LogP contribution < -0.4 is 0 Å². The van der Waals surface area contributed by atoms with Crippen molar-refractivity contribution < 1.29 is 9.18 Å². The van der Waals surface area contributed by atoms with Crippen molar-refractivity contribution in [2.75, 3.05) is 7.05 Å². The first kappa shape index (κ1) is 16.5. The van der Waals surface area contributed by atoms with Crippen LogP contribution in [0.1, 0.15) is 11.3 Å². The topological polar surface area (TPSA) is 55.4 Å². The Bertz CT molecular complexity index is 1020. The van der Waals surface area contributed by atoms with E-state index in [1.165, 1.54) is 12.1 Å². The molecule has 0 aliphatic rings. The number of carbonyl (C=O) groups excluding carboxylic acids is 1. The Morgan fingerprint density at radius 1 is 1.27 bits per heavy atom. The Morgan fingerprint density at radius 3 is 2.85 bits per heavy atom. The molecule has 0 bridgehead atoms. The van der Waals surface area contributed by atoms with Gasteiger partial charge in [0.1, 0.15) is 5.82 Å². The summed E-state index contributed by atoms with van der Waals surface area (Å²) in [5.41, 5.74) is 2.43. The zero-order chi connectivity index (χ0) is 18.1. The van der Waals surface area contributed by atoms with Gasteiger partial charge in [-0.15, -0.1) is 11.3 Å². The monoisotopic (exact) mass is 369 g/mol. The third-order valence-electron chi connectivity index (χ3n) is 4.05. The van der Waals surface area contributed by atoms with Gasteiger partial charge in [0.25, 0.3) is 0 Å². The van der Waals surface area contributed by atoms with Gasteiger partial charge >= 0.3 is 0 Å². The summed E-state index contributed by atoms with van der Waals surface area (Å²) in [4.78, 5) is 19.4. The van der Waals surface area contributed by atoms with Gasteiger partial charge in [-0.2, -0.15) is 5.10 Å². The molecule has 0 atom stereocenters. The molecule has 1 amide bonds. The van der Waals surface area contributed by atoms with Gasteiger partial charge in [-0.3, -0.25) is 9.20 Å². The second-order valence-corrected chi connectivity index (χ2v) is 6.89. The van der Waals surface area contributed by atoms with E-state index in [1.54, 1.807) is 46.3 Å². The highest BCUT2D eigenvalue weighted by molar-refractivity contribution is 7.15. The summed E-state index contributed by atoms with van der Waals surface area (Å²) in [5, 5.41) is 6.23. The maximum Gasteiger partial charge on any atom is 0.228 e. The van der Waals surface area contributed by atoms with Gasteiger partial charge in [0.2, 0.25) is 5.91 Å². The standard InChI is InChI=1S/C18H16FN5OS/c1-22(17(25)8-15-12-23-6-7-26-18(23)21-15)10-13-9-20-24(11-13)16-4-2-14(19)3-5-16/h2-7,9,11-12H,8,10H2,1H3. The van der Waals surface area contributed by atoms with Gasteiger partial charge in [0, 0.05) is 43.1 Å². The number of carbonyl (C=O) groups is 1. The van der Waals surface area contributed by atoms with Crippen molar-refractivity contribution in [1.29, 1.82) is 0 Å². The molecule has 6 nitrogen and oxygen atoms in total. The summed E-state index contributed by atoms with van der Waals surface area (Å²) < 4.78 is 16.6. The zero-order valence-electron chi connectivity index (χ0n) is 14.0. The molecule has 0 unspecified atom stereocenters. The first-order chi connectivity index (χ1) is 12.6. The van der Waals surface area contributed by atoms with E-state index in [1.807, 2.05) is 28.4 Å². The van der Waals surface area contributed by atoms with E-state index in [0.29, 0.717) is 6.54 Å². The highest BCUT2D eigenvalue weighted by Gasteiger charge is 2.14. The Hall–Kier alpha value is -3.00. The second kappa shape index (κ2) is 6.72. The summed E-state index contributed by atoms with van der Waals surface area (Å²) >= 11 is 1.54. The molecular formula is C18H16FN5OS. The SMILES string of the molecule is CN(Cc1cnn(-c2ccc(F)cc2)c1)C(=O)Cc1cn2ccsc2n1. The van der Waals surface area contributed by atoms with Gasteiger partial charge in [0.05, 0.1) is 24.0 Å². The number of thiazole rings is 1. The fourth-order valence-electron chi connectivity index (χ4n) is 2.69. The lowest BCUT2D eigenvalue weighted by Crippen LogP contribution is -2.27. The average Bonchev–Trinajstić information content (AvgIpc) is 3.32. The number of rotatable bonds is 5. The van der Waals surface area contributed by atoms with Gasteiger partial charge < -0.3 is 4.90 Å². The van der Waals surface area contributed by atoms with Crippen molar-refractivity contribution in [2.45, 2.75) is 13.0 Å². The third-order valence-corrected chi connectivity index (χ3v) is 4.82. The minimum absolute atomic E-state index is 0.00900. The van der Waals surface area contributed by atoms with Crippen LogP contribution in [0.15, 0.2) is 54.4 Å². The zero-order valence-corrected chi connectivity index (χ0v) is 14.9. The van der Waals surface area contributed by atoms with Crippen molar-refractivity contribution in [2.24, 2.45) is 0 Å². The van der Waals surface area contributed by atoms with Crippen LogP contribution in [-0.2, 0) is 17.8 Å².